The van der Waals surface area contributed by atoms with Crippen molar-refractivity contribution in [2.45, 2.75) is 19.3 Å². The second-order valence-electron chi connectivity index (χ2n) is 4.17. The molecule has 0 atom stereocenters. The first-order valence-corrected chi connectivity index (χ1v) is 6.48. The van der Waals surface area contributed by atoms with E-state index in [4.69, 9.17) is 10.5 Å². The van der Waals surface area contributed by atoms with Crippen LogP contribution in [-0.4, -0.2) is 30.5 Å². The summed E-state index contributed by atoms with van der Waals surface area (Å²) in [5.74, 6) is 0.0361. The lowest BCUT2D eigenvalue weighted by Crippen LogP contribution is -2.26. The summed E-state index contributed by atoms with van der Waals surface area (Å²) in [6.45, 7) is 1.30. The Bertz CT molecular complexity index is 457. The summed E-state index contributed by atoms with van der Waals surface area (Å²) in [7, 11) is 0. The van der Waals surface area contributed by atoms with Crippen LogP contribution in [-0.2, 0) is 4.79 Å². The van der Waals surface area contributed by atoms with Gasteiger partial charge in [-0.3, -0.25) is 14.9 Å². The van der Waals surface area contributed by atoms with E-state index < -0.39 is 4.92 Å². The number of nitrogens with zero attached hydrogens (tertiary/aromatic N) is 1. The van der Waals surface area contributed by atoms with Gasteiger partial charge >= 0.3 is 5.69 Å². The molecule has 8 heteroatoms. The molecule has 0 saturated carbocycles. The van der Waals surface area contributed by atoms with Gasteiger partial charge in [0.2, 0.25) is 5.91 Å². The van der Waals surface area contributed by atoms with Gasteiger partial charge in [0.25, 0.3) is 0 Å². The molecule has 1 aromatic rings. The summed E-state index contributed by atoms with van der Waals surface area (Å²) in [5.41, 5.74) is 5.24. The third kappa shape index (κ3) is 7.48. The van der Waals surface area contributed by atoms with Gasteiger partial charge < -0.3 is 15.8 Å². The molecular formula is C13H20ClN3O4. The third-order valence-corrected chi connectivity index (χ3v) is 2.60. The third-order valence-electron chi connectivity index (χ3n) is 2.60. The number of carbonyl (C=O) groups excluding carboxylic acids is 1. The number of amides is 1. The van der Waals surface area contributed by atoms with Crippen LogP contribution in [0.25, 0.3) is 0 Å². The molecule has 0 heterocycles. The smallest absolute Gasteiger partial charge is 0.310 e. The molecule has 1 amide bonds. The summed E-state index contributed by atoms with van der Waals surface area (Å²) in [6, 6.07) is 6.09. The van der Waals surface area contributed by atoms with E-state index in [0.29, 0.717) is 13.1 Å². The first kappa shape index (κ1) is 19.1. The molecule has 0 saturated heterocycles. The van der Waals surface area contributed by atoms with E-state index in [1.807, 2.05) is 0 Å². The van der Waals surface area contributed by atoms with Crippen molar-refractivity contribution >= 4 is 24.0 Å². The van der Waals surface area contributed by atoms with Crippen LogP contribution in [0, 0.1) is 10.1 Å². The second-order valence-corrected chi connectivity index (χ2v) is 4.17. The van der Waals surface area contributed by atoms with E-state index in [2.05, 4.69) is 5.32 Å². The molecule has 0 fully saturated rings. The van der Waals surface area contributed by atoms with Crippen molar-refractivity contribution in [1.82, 2.24) is 5.32 Å². The number of nitro benzene ring substituents is 1. The van der Waals surface area contributed by atoms with Gasteiger partial charge in [-0.2, -0.15) is 0 Å². The van der Waals surface area contributed by atoms with Gasteiger partial charge in [0, 0.05) is 12.6 Å². The molecule has 0 aromatic heterocycles. The molecule has 21 heavy (non-hydrogen) atoms. The second kappa shape index (κ2) is 10.9. The fraction of sp³-hybridized carbons (Fsp3) is 0.462. The summed E-state index contributed by atoms with van der Waals surface area (Å²) in [4.78, 5) is 21.7. The Morgan fingerprint density at radius 1 is 1.33 bits per heavy atom. The Kier molecular flexibility index (Phi) is 9.91. The SMILES string of the molecule is Cl.NCCCCNC(=O)CCOc1ccccc1[N+](=O)[O-]. The number of carbonyl (C=O) groups is 1. The van der Waals surface area contributed by atoms with Crippen molar-refractivity contribution in [3.05, 3.63) is 34.4 Å². The van der Waals surface area contributed by atoms with Crippen LogP contribution in [0.4, 0.5) is 5.69 Å². The molecule has 118 valence electrons. The molecule has 0 radical (unpaired) electrons. The van der Waals surface area contributed by atoms with Crippen LogP contribution >= 0.6 is 12.4 Å². The normalized spacial score (nSPS) is 9.57. The van der Waals surface area contributed by atoms with Crippen LogP contribution in [0.5, 0.6) is 5.75 Å². The molecule has 3 N–H and O–H groups in total. The number of halogens is 1. The number of rotatable bonds is 9. The Morgan fingerprint density at radius 3 is 2.71 bits per heavy atom. The number of ether oxygens (including phenoxy) is 1. The van der Waals surface area contributed by atoms with E-state index in [1.54, 1.807) is 12.1 Å². The largest absolute Gasteiger partial charge is 0.486 e. The first-order chi connectivity index (χ1) is 9.65. The van der Waals surface area contributed by atoms with E-state index in [-0.39, 0.29) is 42.8 Å². The number of unbranched alkanes of at least 4 members (excludes halogenated alkanes) is 1. The Hall–Kier alpha value is -1.86. The van der Waals surface area contributed by atoms with Crippen molar-refractivity contribution < 1.29 is 14.5 Å². The van der Waals surface area contributed by atoms with Crippen molar-refractivity contribution in [1.29, 1.82) is 0 Å². The highest BCUT2D eigenvalue weighted by Crippen LogP contribution is 2.25. The lowest BCUT2D eigenvalue weighted by atomic mass is 10.3. The van der Waals surface area contributed by atoms with Crippen molar-refractivity contribution in [3.8, 4) is 5.75 Å². The molecule has 1 rings (SSSR count). The fourth-order valence-electron chi connectivity index (χ4n) is 1.57. The number of nitrogens with two attached hydrogens (primary N) is 1. The maximum Gasteiger partial charge on any atom is 0.310 e. The zero-order chi connectivity index (χ0) is 14.8. The summed E-state index contributed by atoms with van der Waals surface area (Å²) >= 11 is 0. The number of hydrogen-bond donors (Lipinski definition) is 2. The minimum atomic E-state index is -0.512. The average molecular weight is 318 g/mol. The van der Waals surface area contributed by atoms with Crippen molar-refractivity contribution in [2.75, 3.05) is 19.7 Å². The summed E-state index contributed by atoms with van der Waals surface area (Å²) in [6.07, 6.45) is 1.87. The predicted octanol–water partition coefficient (Wildman–Crippen LogP) is 1.64. The van der Waals surface area contributed by atoms with Crippen LogP contribution < -0.4 is 15.8 Å². The Labute approximate surface area is 129 Å². The van der Waals surface area contributed by atoms with E-state index in [0.717, 1.165) is 12.8 Å². The zero-order valence-corrected chi connectivity index (χ0v) is 12.4. The highest BCUT2D eigenvalue weighted by atomic mass is 35.5. The maximum atomic E-state index is 11.5. The summed E-state index contributed by atoms with van der Waals surface area (Å²) in [5, 5.41) is 13.5. The van der Waals surface area contributed by atoms with Crippen LogP contribution in [0.15, 0.2) is 24.3 Å². The van der Waals surface area contributed by atoms with Crippen molar-refractivity contribution in [3.63, 3.8) is 0 Å². The van der Waals surface area contributed by atoms with Crippen LogP contribution in [0.3, 0.4) is 0 Å². The predicted molar refractivity (Wildman–Crippen MR) is 81.8 cm³/mol. The molecule has 0 aliphatic rings. The summed E-state index contributed by atoms with van der Waals surface area (Å²) < 4.78 is 5.27. The number of para-hydroxylation sites is 2. The van der Waals surface area contributed by atoms with E-state index >= 15 is 0 Å². The molecule has 0 aliphatic carbocycles. The fourth-order valence-corrected chi connectivity index (χ4v) is 1.57. The minimum Gasteiger partial charge on any atom is -0.486 e. The van der Waals surface area contributed by atoms with E-state index in [9.17, 15) is 14.9 Å². The van der Waals surface area contributed by atoms with Gasteiger partial charge in [0.15, 0.2) is 5.75 Å². The van der Waals surface area contributed by atoms with Crippen molar-refractivity contribution in [2.24, 2.45) is 5.73 Å². The number of nitro groups is 1. The quantitative estimate of drug-likeness (QED) is 0.409. The number of hydrogen-bond acceptors (Lipinski definition) is 5. The lowest BCUT2D eigenvalue weighted by molar-refractivity contribution is -0.385. The number of benzene rings is 1. The van der Waals surface area contributed by atoms with E-state index in [1.165, 1.54) is 12.1 Å². The Balaban J connectivity index is 0.00000400. The van der Waals surface area contributed by atoms with Crippen LogP contribution in [0.2, 0.25) is 0 Å². The molecule has 0 spiro atoms. The van der Waals surface area contributed by atoms with Crippen LogP contribution in [0.1, 0.15) is 19.3 Å². The highest BCUT2D eigenvalue weighted by Gasteiger charge is 2.13. The lowest BCUT2D eigenvalue weighted by Gasteiger charge is -2.07. The van der Waals surface area contributed by atoms with Gasteiger partial charge in [0.1, 0.15) is 0 Å². The minimum absolute atomic E-state index is 0. The molecule has 0 bridgehead atoms. The molecule has 0 unspecified atom stereocenters. The average Bonchev–Trinajstić information content (AvgIpc) is 2.44. The molecular weight excluding hydrogens is 298 g/mol. The Morgan fingerprint density at radius 2 is 2.05 bits per heavy atom. The maximum absolute atomic E-state index is 11.5. The standard InChI is InChI=1S/C13H19N3O4.ClH/c14-8-3-4-9-15-13(17)7-10-20-12-6-2-1-5-11(12)16(18)19;/h1-2,5-6H,3-4,7-10,14H2,(H,15,17);1H. The van der Waals surface area contributed by atoms with Gasteiger partial charge in [-0.25, -0.2) is 0 Å². The topological polar surface area (TPSA) is 107 Å². The molecule has 0 aliphatic heterocycles. The van der Waals surface area contributed by atoms with Gasteiger partial charge in [-0.05, 0) is 25.5 Å². The molecule has 7 nitrogen and oxygen atoms in total. The van der Waals surface area contributed by atoms with Gasteiger partial charge in [-0.1, -0.05) is 12.1 Å². The zero-order valence-electron chi connectivity index (χ0n) is 11.6. The van der Waals surface area contributed by atoms with Gasteiger partial charge in [0.05, 0.1) is 18.0 Å². The monoisotopic (exact) mass is 317 g/mol. The highest BCUT2D eigenvalue weighted by molar-refractivity contribution is 5.85. The van der Waals surface area contributed by atoms with Gasteiger partial charge in [-0.15, -0.1) is 12.4 Å². The number of nitrogens with one attached hydrogen (secondary N) is 1. The first-order valence-electron chi connectivity index (χ1n) is 6.48. The molecule has 1 aromatic carbocycles.